The molecule has 0 aromatic carbocycles. The monoisotopic (exact) mass is 251 g/mol. The highest BCUT2D eigenvalue weighted by Gasteiger charge is 2.31. The highest BCUT2D eigenvalue weighted by Crippen LogP contribution is 2.33. The second-order valence-electron chi connectivity index (χ2n) is 6.94. The van der Waals surface area contributed by atoms with Gasteiger partial charge in [0.05, 0.1) is 12.1 Å². The SMILES string of the molecule is CC(C)NC(C#N)CCN1CCC(C(C)(C)C)C1. The molecule has 1 fully saturated rings. The molecule has 1 rings (SSSR count). The van der Waals surface area contributed by atoms with Crippen LogP contribution in [0.1, 0.15) is 47.5 Å². The van der Waals surface area contributed by atoms with E-state index in [1.54, 1.807) is 0 Å². The number of hydrogen-bond donors (Lipinski definition) is 1. The zero-order chi connectivity index (χ0) is 13.8. The van der Waals surface area contributed by atoms with Gasteiger partial charge in [-0.2, -0.15) is 5.26 Å². The van der Waals surface area contributed by atoms with Crippen molar-refractivity contribution in [3.8, 4) is 6.07 Å². The molecule has 0 spiro atoms. The normalized spacial score (nSPS) is 23.3. The van der Waals surface area contributed by atoms with Crippen LogP contribution in [-0.4, -0.2) is 36.6 Å². The molecular weight excluding hydrogens is 222 g/mol. The maximum absolute atomic E-state index is 9.10. The second kappa shape index (κ2) is 6.54. The lowest BCUT2D eigenvalue weighted by molar-refractivity contribution is 0.226. The van der Waals surface area contributed by atoms with Gasteiger partial charge in [-0.15, -0.1) is 0 Å². The molecule has 3 nitrogen and oxygen atoms in total. The van der Waals surface area contributed by atoms with Crippen LogP contribution in [0.3, 0.4) is 0 Å². The molecule has 1 aliphatic heterocycles. The molecule has 3 heteroatoms. The van der Waals surface area contributed by atoms with Crippen LogP contribution in [0.15, 0.2) is 0 Å². The zero-order valence-electron chi connectivity index (χ0n) is 12.7. The fraction of sp³-hybridized carbons (Fsp3) is 0.933. The van der Waals surface area contributed by atoms with E-state index in [9.17, 15) is 0 Å². The van der Waals surface area contributed by atoms with Crippen LogP contribution >= 0.6 is 0 Å². The summed E-state index contributed by atoms with van der Waals surface area (Å²) >= 11 is 0. The summed E-state index contributed by atoms with van der Waals surface area (Å²) < 4.78 is 0. The number of likely N-dealkylation sites (tertiary alicyclic amines) is 1. The number of nitriles is 1. The van der Waals surface area contributed by atoms with E-state index >= 15 is 0 Å². The summed E-state index contributed by atoms with van der Waals surface area (Å²) in [7, 11) is 0. The van der Waals surface area contributed by atoms with Crippen molar-refractivity contribution in [2.24, 2.45) is 11.3 Å². The molecule has 0 aliphatic carbocycles. The lowest BCUT2D eigenvalue weighted by Gasteiger charge is -2.27. The number of rotatable bonds is 5. The first-order valence-corrected chi connectivity index (χ1v) is 7.21. The lowest BCUT2D eigenvalue weighted by atomic mass is 9.80. The molecule has 1 aliphatic rings. The minimum Gasteiger partial charge on any atom is -0.303 e. The molecular formula is C15H29N3. The van der Waals surface area contributed by atoms with Crippen molar-refractivity contribution in [3.05, 3.63) is 0 Å². The molecule has 0 saturated carbocycles. The highest BCUT2D eigenvalue weighted by molar-refractivity contribution is 4.92. The van der Waals surface area contributed by atoms with Gasteiger partial charge in [-0.3, -0.25) is 5.32 Å². The molecule has 0 aromatic rings. The Morgan fingerprint density at radius 3 is 2.50 bits per heavy atom. The van der Waals surface area contributed by atoms with Crippen molar-refractivity contribution >= 4 is 0 Å². The van der Waals surface area contributed by atoms with Gasteiger partial charge in [0, 0.05) is 19.1 Å². The van der Waals surface area contributed by atoms with E-state index in [1.165, 1.54) is 19.5 Å². The van der Waals surface area contributed by atoms with Gasteiger partial charge < -0.3 is 4.90 Å². The molecule has 0 bridgehead atoms. The highest BCUT2D eigenvalue weighted by atomic mass is 15.1. The van der Waals surface area contributed by atoms with E-state index in [2.05, 4.69) is 50.9 Å². The third kappa shape index (κ3) is 4.96. The van der Waals surface area contributed by atoms with Crippen molar-refractivity contribution in [1.82, 2.24) is 10.2 Å². The molecule has 1 N–H and O–H groups in total. The molecule has 2 unspecified atom stereocenters. The predicted molar refractivity (Wildman–Crippen MR) is 76.3 cm³/mol. The van der Waals surface area contributed by atoms with Crippen molar-refractivity contribution in [1.29, 1.82) is 5.26 Å². The summed E-state index contributed by atoms with van der Waals surface area (Å²) in [6.45, 7) is 14.6. The van der Waals surface area contributed by atoms with Crippen LogP contribution in [0.5, 0.6) is 0 Å². The summed E-state index contributed by atoms with van der Waals surface area (Å²) in [5.41, 5.74) is 0.416. The molecule has 1 saturated heterocycles. The van der Waals surface area contributed by atoms with E-state index in [4.69, 9.17) is 5.26 Å². The summed E-state index contributed by atoms with van der Waals surface area (Å²) in [6.07, 6.45) is 2.24. The zero-order valence-corrected chi connectivity index (χ0v) is 12.7. The van der Waals surface area contributed by atoms with E-state index < -0.39 is 0 Å². The third-order valence-corrected chi connectivity index (χ3v) is 3.92. The minimum absolute atomic E-state index is 0.00122. The lowest BCUT2D eigenvalue weighted by Crippen LogP contribution is -2.37. The summed E-state index contributed by atoms with van der Waals surface area (Å²) in [5, 5.41) is 12.4. The number of nitrogens with zero attached hydrogens (tertiary/aromatic N) is 2. The fourth-order valence-electron chi connectivity index (χ4n) is 2.64. The third-order valence-electron chi connectivity index (χ3n) is 3.92. The Bertz CT molecular complexity index is 285. The first-order chi connectivity index (χ1) is 8.32. The topological polar surface area (TPSA) is 39.1 Å². The van der Waals surface area contributed by atoms with Crippen LogP contribution in [-0.2, 0) is 0 Å². The first-order valence-electron chi connectivity index (χ1n) is 7.21. The Balaban J connectivity index is 2.31. The van der Waals surface area contributed by atoms with Crippen molar-refractivity contribution in [3.63, 3.8) is 0 Å². The average Bonchev–Trinajstić information content (AvgIpc) is 2.71. The van der Waals surface area contributed by atoms with E-state index in [0.29, 0.717) is 11.5 Å². The van der Waals surface area contributed by atoms with Crippen molar-refractivity contribution in [2.45, 2.75) is 59.5 Å². The molecule has 2 atom stereocenters. The number of nitrogens with one attached hydrogen (secondary N) is 1. The van der Waals surface area contributed by atoms with Crippen LogP contribution in [0.25, 0.3) is 0 Å². The summed E-state index contributed by atoms with van der Waals surface area (Å²) in [4.78, 5) is 2.52. The van der Waals surface area contributed by atoms with Gasteiger partial charge in [-0.25, -0.2) is 0 Å². The molecule has 0 amide bonds. The van der Waals surface area contributed by atoms with Crippen LogP contribution in [0, 0.1) is 22.7 Å². The van der Waals surface area contributed by atoms with E-state index in [0.717, 1.165) is 18.9 Å². The predicted octanol–water partition coefficient (Wildman–Crippen LogP) is 2.63. The van der Waals surface area contributed by atoms with E-state index in [1.807, 2.05) is 0 Å². The molecule has 104 valence electrons. The number of hydrogen-bond acceptors (Lipinski definition) is 3. The molecule has 0 radical (unpaired) electrons. The average molecular weight is 251 g/mol. The largest absolute Gasteiger partial charge is 0.303 e. The quantitative estimate of drug-likeness (QED) is 0.816. The Labute approximate surface area is 113 Å². The van der Waals surface area contributed by atoms with Crippen LogP contribution in [0.4, 0.5) is 0 Å². The van der Waals surface area contributed by atoms with Crippen molar-refractivity contribution in [2.75, 3.05) is 19.6 Å². The maximum atomic E-state index is 9.10. The first kappa shape index (κ1) is 15.5. The van der Waals surface area contributed by atoms with Gasteiger partial charge in [0.1, 0.15) is 0 Å². The Morgan fingerprint density at radius 1 is 1.39 bits per heavy atom. The van der Waals surface area contributed by atoms with Crippen LogP contribution < -0.4 is 5.32 Å². The van der Waals surface area contributed by atoms with Gasteiger partial charge >= 0.3 is 0 Å². The molecule has 1 heterocycles. The minimum atomic E-state index is -0.00122. The fourth-order valence-corrected chi connectivity index (χ4v) is 2.64. The van der Waals surface area contributed by atoms with Gasteiger partial charge in [0.2, 0.25) is 0 Å². The van der Waals surface area contributed by atoms with Crippen molar-refractivity contribution < 1.29 is 0 Å². The van der Waals surface area contributed by atoms with Gasteiger partial charge in [-0.1, -0.05) is 20.8 Å². The Morgan fingerprint density at radius 2 is 2.06 bits per heavy atom. The smallest absolute Gasteiger partial charge is 0.0967 e. The Hall–Kier alpha value is -0.590. The molecule has 0 aromatic heterocycles. The summed E-state index contributed by atoms with van der Waals surface area (Å²) in [5.74, 6) is 0.802. The summed E-state index contributed by atoms with van der Waals surface area (Å²) in [6, 6.07) is 2.74. The standard InChI is InChI=1S/C15H29N3/c1-12(2)17-14(10-16)7-9-18-8-6-13(11-18)15(3,4)5/h12-14,17H,6-9,11H2,1-5H3. The van der Waals surface area contributed by atoms with E-state index in [-0.39, 0.29) is 6.04 Å². The van der Waals surface area contributed by atoms with Gasteiger partial charge in [0.25, 0.3) is 0 Å². The van der Waals surface area contributed by atoms with Crippen LogP contribution in [0.2, 0.25) is 0 Å². The second-order valence-corrected chi connectivity index (χ2v) is 6.94. The van der Waals surface area contributed by atoms with Gasteiger partial charge in [0.15, 0.2) is 0 Å². The maximum Gasteiger partial charge on any atom is 0.0967 e. The van der Waals surface area contributed by atoms with Gasteiger partial charge in [-0.05, 0) is 44.6 Å². The molecule has 18 heavy (non-hydrogen) atoms. The Kier molecular flexibility index (Phi) is 5.62.